The maximum atomic E-state index is 13.2. The van der Waals surface area contributed by atoms with Gasteiger partial charge in [-0.3, -0.25) is 4.57 Å². The van der Waals surface area contributed by atoms with Crippen molar-refractivity contribution in [3.05, 3.63) is 12.2 Å². The number of nitrogens with zero attached hydrogens (tertiary/aromatic N) is 3. The van der Waals surface area contributed by atoms with E-state index in [2.05, 4.69) is 10.2 Å². The van der Waals surface area contributed by atoms with Gasteiger partial charge in [-0.25, -0.2) is 0 Å². The van der Waals surface area contributed by atoms with Gasteiger partial charge in [0.15, 0.2) is 0 Å². The largest absolute Gasteiger partial charge is 0.331 e. The van der Waals surface area contributed by atoms with E-state index in [0.29, 0.717) is 6.33 Å². The highest BCUT2D eigenvalue weighted by atomic mass is 19.3. The van der Waals surface area contributed by atoms with Crippen LogP contribution in [-0.2, 0) is 12.0 Å². The molecule has 0 aromatic carbocycles. The van der Waals surface area contributed by atoms with Crippen molar-refractivity contribution in [2.24, 2.45) is 0 Å². The van der Waals surface area contributed by atoms with E-state index >= 15 is 0 Å². The molecule has 0 atom stereocenters. The zero-order valence-electron chi connectivity index (χ0n) is 7.05. The van der Waals surface area contributed by atoms with Gasteiger partial charge in [-0.1, -0.05) is 0 Å². The predicted octanol–water partition coefficient (Wildman–Crippen LogP) is 2.10. The molecule has 1 aromatic heterocycles. The summed E-state index contributed by atoms with van der Waals surface area (Å²) in [6.07, 6.45) is -0.799. The fraction of sp³-hybridized carbons (Fsp3) is 0.714. The predicted molar refractivity (Wildman–Crippen MR) is 38.0 cm³/mol. The van der Waals surface area contributed by atoms with Gasteiger partial charge in [0.05, 0.1) is 0 Å². The molecule has 0 radical (unpaired) electrons. The summed E-state index contributed by atoms with van der Waals surface area (Å²) in [4.78, 5) is 0. The molecule has 3 nitrogen and oxygen atoms in total. The van der Waals surface area contributed by atoms with Crippen molar-refractivity contribution < 1.29 is 17.6 Å². The zero-order chi connectivity index (χ0) is 10.4. The van der Waals surface area contributed by atoms with Crippen molar-refractivity contribution in [1.82, 2.24) is 14.8 Å². The second-order valence-corrected chi connectivity index (χ2v) is 3.25. The summed E-state index contributed by atoms with van der Waals surface area (Å²) in [6, 6.07) is -3.31. The summed E-state index contributed by atoms with van der Waals surface area (Å²) in [5.41, 5.74) is 0. The van der Waals surface area contributed by atoms with Crippen LogP contribution in [0.4, 0.5) is 17.6 Å². The second-order valence-electron chi connectivity index (χ2n) is 3.25. The third-order valence-electron chi connectivity index (χ3n) is 2.20. The molecule has 0 saturated carbocycles. The average molecular weight is 209 g/mol. The van der Waals surface area contributed by atoms with Gasteiger partial charge in [0, 0.05) is 12.8 Å². The van der Waals surface area contributed by atoms with Crippen LogP contribution in [0.15, 0.2) is 6.33 Å². The summed E-state index contributed by atoms with van der Waals surface area (Å²) in [7, 11) is 0. The van der Waals surface area contributed by atoms with Gasteiger partial charge in [0.2, 0.25) is 5.82 Å². The lowest BCUT2D eigenvalue weighted by molar-refractivity contribution is -0.0923. The van der Waals surface area contributed by atoms with E-state index in [4.69, 9.17) is 0 Å². The maximum absolute atomic E-state index is 13.2. The lowest BCUT2D eigenvalue weighted by Crippen LogP contribution is -2.25. The Bertz CT molecular complexity index is 316. The number of hydrogen-bond donors (Lipinski definition) is 0. The number of alkyl halides is 4. The normalized spacial score (nSPS) is 24.0. The highest BCUT2D eigenvalue weighted by Gasteiger charge is 2.47. The van der Waals surface area contributed by atoms with Crippen molar-refractivity contribution in [1.29, 1.82) is 0 Å². The fourth-order valence-electron chi connectivity index (χ4n) is 1.48. The minimum absolute atomic E-state index is 0.167. The average Bonchev–Trinajstić information content (AvgIpc) is 2.48. The van der Waals surface area contributed by atoms with Crippen LogP contribution in [0, 0.1) is 0 Å². The molecule has 14 heavy (non-hydrogen) atoms. The van der Waals surface area contributed by atoms with Gasteiger partial charge in [-0.2, -0.15) is 17.6 Å². The Morgan fingerprint density at radius 2 is 1.93 bits per heavy atom. The van der Waals surface area contributed by atoms with Crippen LogP contribution in [0.3, 0.4) is 0 Å². The summed E-state index contributed by atoms with van der Waals surface area (Å²) in [5.74, 6) is -4.25. The van der Waals surface area contributed by atoms with Crippen LogP contribution in [0.1, 0.15) is 25.1 Å². The summed E-state index contributed by atoms with van der Waals surface area (Å²) < 4.78 is 52.9. The molecule has 2 rings (SSSR count). The first-order chi connectivity index (χ1) is 6.43. The van der Waals surface area contributed by atoms with E-state index in [9.17, 15) is 17.6 Å². The molecule has 0 unspecified atom stereocenters. The third-order valence-corrected chi connectivity index (χ3v) is 2.20. The van der Waals surface area contributed by atoms with E-state index in [1.807, 2.05) is 0 Å². The molecule has 0 saturated heterocycles. The van der Waals surface area contributed by atoms with Gasteiger partial charge in [0.1, 0.15) is 6.33 Å². The lowest BCUT2D eigenvalue weighted by atomic mass is 10.1. The molecule has 0 fully saturated rings. The van der Waals surface area contributed by atoms with Crippen LogP contribution in [0.5, 0.6) is 0 Å². The van der Waals surface area contributed by atoms with Crippen LogP contribution < -0.4 is 0 Å². The first-order valence-electron chi connectivity index (χ1n) is 4.10. The van der Waals surface area contributed by atoms with Gasteiger partial charge < -0.3 is 0 Å². The molecular formula is C7H7F4N3. The fourth-order valence-corrected chi connectivity index (χ4v) is 1.48. The maximum Gasteiger partial charge on any atom is 0.331 e. The van der Waals surface area contributed by atoms with E-state index < -0.39 is 30.6 Å². The Morgan fingerprint density at radius 1 is 1.21 bits per heavy atom. The minimum atomic E-state index is -3.31. The molecule has 0 bridgehead atoms. The molecule has 1 aliphatic rings. The zero-order valence-corrected chi connectivity index (χ0v) is 7.05. The van der Waals surface area contributed by atoms with E-state index in [0.717, 1.165) is 0 Å². The van der Waals surface area contributed by atoms with Crippen LogP contribution in [-0.4, -0.2) is 14.8 Å². The molecule has 2 heterocycles. The Morgan fingerprint density at radius 3 is 2.64 bits per heavy atom. The van der Waals surface area contributed by atoms with Crippen molar-refractivity contribution >= 4 is 0 Å². The van der Waals surface area contributed by atoms with Crippen molar-refractivity contribution in [3.63, 3.8) is 0 Å². The first kappa shape index (κ1) is 9.42. The molecule has 0 spiro atoms. The highest BCUT2D eigenvalue weighted by molar-refractivity contribution is 5.01. The smallest absolute Gasteiger partial charge is 0.251 e. The van der Waals surface area contributed by atoms with E-state index in [-0.39, 0.29) is 11.0 Å². The molecule has 0 N–H and O–H groups in total. The first-order valence-corrected chi connectivity index (χ1v) is 4.10. The van der Waals surface area contributed by atoms with E-state index in [1.165, 1.54) is 0 Å². The molecule has 7 heteroatoms. The van der Waals surface area contributed by atoms with Crippen LogP contribution >= 0.6 is 0 Å². The number of hydrogen-bond acceptors (Lipinski definition) is 2. The quantitative estimate of drug-likeness (QED) is 0.612. The third kappa shape index (κ3) is 1.27. The Balaban J connectivity index is 2.55. The Hall–Kier alpha value is -1.14. The SMILES string of the molecule is FC1(F)CCCC(F)(F)n2cnnc21. The van der Waals surface area contributed by atoms with E-state index in [1.54, 1.807) is 0 Å². The van der Waals surface area contributed by atoms with Gasteiger partial charge >= 0.3 is 12.0 Å². The van der Waals surface area contributed by atoms with Crippen LogP contribution in [0.25, 0.3) is 0 Å². The number of fused-ring (bicyclic) bond motifs is 1. The molecular weight excluding hydrogens is 202 g/mol. The minimum Gasteiger partial charge on any atom is -0.251 e. The molecule has 1 aromatic rings. The highest BCUT2D eigenvalue weighted by Crippen LogP contribution is 2.41. The van der Waals surface area contributed by atoms with Gasteiger partial charge in [-0.15, -0.1) is 10.2 Å². The van der Waals surface area contributed by atoms with Crippen molar-refractivity contribution in [2.45, 2.75) is 31.2 Å². The topological polar surface area (TPSA) is 30.7 Å². The summed E-state index contributed by atoms with van der Waals surface area (Å²) >= 11 is 0. The van der Waals surface area contributed by atoms with Crippen molar-refractivity contribution in [3.8, 4) is 0 Å². The van der Waals surface area contributed by atoms with Crippen LogP contribution in [0.2, 0.25) is 0 Å². The second kappa shape index (κ2) is 2.68. The standard InChI is InChI=1S/C7H7F4N3/c8-6(9)2-1-3-7(10,11)14-4-12-13-5(6)14/h4H,1-3H2. The molecule has 0 amide bonds. The summed E-state index contributed by atoms with van der Waals surface area (Å²) in [5, 5.41) is 6.14. The van der Waals surface area contributed by atoms with Gasteiger partial charge in [-0.05, 0) is 6.42 Å². The number of rotatable bonds is 0. The monoisotopic (exact) mass is 209 g/mol. The van der Waals surface area contributed by atoms with Crippen molar-refractivity contribution in [2.75, 3.05) is 0 Å². The lowest BCUT2D eigenvalue weighted by Gasteiger charge is -2.16. The number of halogens is 4. The Labute approximate surface area is 76.7 Å². The number of aromatic nitrogens is 3. The molecule has 78 valence electrons. The Kier molecular flexibility index (Phi) is 1.80. The van der Waals surface area contributed by atoms with Gasteiger partial charge in [0.25, 0.3) is 0 Å². The molecule has 1 aliphatic heterocycles. The summed E-state index contributed by atoms with van der Waals surface area (Å²) in [6.45, 7) is 0. The molecule has 0 aliphatic carbocycles.